The van der Waals surface area contributed by atoms with Crippen LogP contribution < -0.4 is 10.1 Å². The number of fused-ring (bicyclic) bond motifs is 1. The van der Waals surface area contributed by atoms with Crippen LogP contribution in [0.3, 0.4) is 0 Å². The molecule has 0 saturated heterocycles. The molecule has 4 saturated carbocycles. The second-order valence-corrected chi connectivity index (χ2v) is 11.3. The third-order valence-corrected chi connectivity index (χ3v) is 8.53. The van der Waals surface area contributed by atoms with Gasteiger partial charge in [0.15, 0.2) is 0 Å². The van der Waals surface area contributed by atoms with Crippen molar-refractivity contribution in [2.24, 2.45) is 23.2 Å². The van der Waals surface area contributed by atoms with Gasteiger partial charge < -0.3 is 10.1 Å². The molecule has 34 heavy (non-hydrogen) atoms. The SMILES string of the molecule is CCc1nc2cc(Cl)ccn2c1C(=O)NCc1ccc(OCC23CC4CC(CC(C4)C2)C3)cc1. The standard InChI is InChI=1S/C28H32ClN3O2/c1-2-24-26(32-8-7-22(29)12-25(32)31-24)27(33)30-16-18-3-5-23(6-4-18)34-17-28-13-19-9-20(14-28)11-21(10-19)15-28/h3-8,12,19-21H,2,9-11,13-17H2,1H3,(H,30,33). The lowest BCUT2D eigenvalue weighted by atomic mass is 9.50. The lowest BCUT2D eigenvalue weighted by Gasteiger charge is -2.56. The van der Waals surface area contributed by atoms with Crippen molar-refractivity contribution in [3.05, 3.63) is 64.6 Å². The summed E-state index contributed by atoms with van der Waals surface area (Å²) in [7, 11) is 0. The number of carbonyl (C=O) groups excluding carboxylic acids is 1. The summed E-state index contributed by atoms with van der Waals surface area (Å²) in [6.45, 7) is 3.31. The summed E-state index contributed by atoms with van der Waals surface area (Å²) in [6.07, 6.45) is 10.9. The van der Waals surface area contributed by atoms with E-state index in [-0.39, 0.29) is 5.91 Å². The van der Waals surface area contributed by atoms with E-state index in [9.17, 15) is 4.79 Å². The van der Waals surface area contributed by atoms with Crippen molar-refractivity contribution in [1.29, 1.82) is 0 Å². The first-order chi connectivity index (χ1) is 16.5. The topological polar surface area (TPSA) is 55.6 Å². The van der Waals surface area contributed by atoms with Gasteiger partial charge in [-0.05, 0) is 86.5 Å². The number of amides is 1. The van der Waals surface area contributed by atoms with Crippen LogP contribution in [0, 0.1) is 23.2 Å². The van der Waals surface area contributed by atoms with Crippen LogP contribution in [-0.2, 0) is 13.0 Å². The Hall–Kier alpha value is -2.53. The molecule has 0 aliphatic heterocycles. The number of pyridine rings is 1. The summed E-state index contributed by atoms with van der Waals surface area (Å²) in [4.78, 5) is 17.6. The molecule has 1 amide bonds. The van der Waals surface area contributed by atoms with Gasteiger partial charge in [0.25, 0.3) is 5.91 Å². The van der Waals surface area contributed by atoms with E-state index < -0.39 is 0 Å². The predicted molar refractivity (Wildman–Crippen MR) is 133 cm³/mol. The van der Waals surface area contributed by atoms with Crippen molar-refractivity contribution in [3.63, 3.8) is 0 Å². The smallest absolute Gasteiger partial charge is 0.270 e. The summed E-state index contributed by atoms with van der Waals surface area (Å²) in [5.74, 6) is 3.63. The number of aromatic nitrogens is 2. The zero-order valence-corrected chi connectivity index (χ0v) is 20.5. The molecule has 1 aromatic carbocycles. The van der Waals surface area contributed by atoms with Gasteiger partial charge in [0, 0.05) is 29.2 Å². The molecule has 0 radical (unpaired) electrons. The number of hydrogen-bond acceptors (Lipinski definition) is 3. The van der Waals surface area contributed by atoms with E-state index >= 15 is 0 Å². The predicted octanol–water partition coefficient (Wildman–Crippen LogP) is 6.08. The Morgan fingerprint density at radius 1 is 1.12 bits per heavy atom. The van der Waals surface area contributed by atoms with Crippen LogP contribution in [0.25, 0.3) is 5.65 Å². The number of hydrogen-bond donors (Lipinski definition) is 1. The summed E-state index contributed by atoms with van der Waals surface area (Å²) < 4.78 is 8.12. The molecule has 4 aliphatic carbocycles. The third-order valence-electron chi connectivity index (χ3n) is 8.30. The van der Waals surface area contributed by atoms with Crippen LogP contribution in [0.4, 0.5) is 0 Å². The summed E-state index contributed by atoms with van der Waals surface area (Å²) in [5, 5.41) is 3.66. The first-order valence-corrected chi connectivity index (χ1v) is 13.0. The second kappa shape index (κ2) is 8.60. The number of rotatable bonds is 7. The lowest BCUT2D eigenvalue weighted by Crippen LogP contribution is -2.48. The minimum absolute atomic E-state index is 0.131. The Morgan fingerprint density at radius 3 is 2.44 bits per heavy atom. The van der Waals surface area contributed by atoms with Crippen molar-refractivity contribution < 1.29 is 9.53 Å². The Morgan fingerprint density at radius 2 is 1.79 bits per heavy atom. The molecule has 2 heterocycles. The molecular weight excluding hydrogens is 446 g/mol. The fourth-order valence-corrected chi connectivity index (χ4v) is 7.38. The molecule has 2 aromatic heterocycles. The average molecular weight is 478 g/mol. The van der Waals surface area contributed by atoms with Gasteiger partial charge in [-0.15, -0.1) is 0 Å². The molecule has 4 fully saturated rings. The van der Waals surface area contributed by atoms with Crippen LogP contribution in [-0.4, -0.2) is 21.9 Å². The Kier molecular flexibility index (Phi) is 5.56. The molecule has 4 aliphatic rings. The van der Waals surface area contributed by atoms with Gasteiger partial charge in [-0.25, -0.2) is 4.98 Å². The van der Waals surface area contributed by atoms with Crippen molar-refractivity contribution in [3.8, 4) is 5.75 Å². The maximum atomic E-state index is 13.0. The number of carbonyl (C=O) groups is 1. The number of nitrogens with zero attached hydrogens (tertiary/aromatic N) is 2. The molecule has 6 heteroatoms. The van der Waals surface area contributed by atoms with Crippen molar-refractivity contribution in [2.45, 2.75) is 58.4 Å². The number of imidazole rings is 1. The highest BCUT2D eigenvalue weighted by Gasteiger charge is 2.51. The average Bonchev–Trinajstić information content (AvgIpc) is 3.19. The van der Waals surface area contributed by atoms with Crippen LogP contribution in [0.15, 0.2) is 42.6 Å². The van der Waals surface area contributed by atoms with E-state index in [2.05, 4.69) is 10.3 Å². The first-order valence-electron chi connectivity index (χ1n) is 12.7. The fraction of sp³-hybridized carbons (Fsp3) is 0.500. The van der Waals surface area contributed by atoms with Gasteiger partial charge >= 0.3 is 0 Å². The fourth-order valence-electron chi connectivity index (χ4n) is 7.23. The van der Waals surface area contributed by atoms with Gasteiger partial charge in [-0.2, -0.15) is 0 Å². The van der Waals surface area contributed by atoms with Gasteiger partial charge in [0.2, 0.25) is 0 Å². The van der Waals surface area contributed by atoms with E-state index in [1.165, 1.54) is 38.5 Å². The monoisotopic (exact) mass is 477 g/mol. The van der Waals surface area contributed by atoms with Crippen LogP contribution >= 0.6 is 11.6 Å². The number of benzene rings is 1. The zero-order valence-electron chi connectivity index (χ0n) is 19.7. The highest BCUT2D eigenvalue weighted by atomic mass is 35.5. The van der Waals surface area contributed by atoms with Crippen LogP contribution in [0.2, 0.25) is 5.02 Å². The number of ether oxygens (including phenoxy) is 1. The van der Waals surface area contributed by atoms with Gasteiger partial charge in [-0.3, -0.25) is 9.20 Å². The van der Waals surface area contributed by atoms with Crippen LogP contribution in [0.1, 0.15) is 67.2 Å². The largest absolute Gasteiger partial charge is 0.493 e. The summed E-state index contributed by atoms with van der Waals surface area (Å²) in [5.41, 5.74) is 3.50. The van der Waals surface area contributed by atoms with E-state index in [0.29, 0.717) is 34.7 Å². The van der Waals surface area contributed by atoms with Gasteiger partial charge in [-0.1, -0.05) is 30.7 Å². The zero-order chi connectivity index (χ0) is 23.3. The minimum Gasteiger partial charge on any atom is -0.493 e. The normalized spacial score (nSPS) is 27.3. The van der Waals surface area contributed by atoms with Crippen molar-refractivity contribution in [1.82, 2.24) is 14.7 Å². The van der Waals surface area contributed by atoms with Crippen molar-refractivity contribution in [2.75, 3.05) is 6.61 Å². The molecule has 1 N–H and O–H groups in total. The van der Waals surface area contributed by atoms with Crippen molar-refractivity contribution >= 4 is 23.2 Å². The quantitative estimate of drug-likeness (QED) is 0.449. The number of nitrogens with one attached hydrogen (secondary N) is 1. The van der Waals surface area contributed by atoms with E-state index in [4.69, 9.17) is 16.3 Å². The summed E-state index contributed by atoms with van der Waals surface area (Å²) in [6, 6.07) is 11.7. The Balaban J connectivity index is 1.08. The molecule has 0 atom stereocenters. The van der Waals surface area contributed by atoms with E-state index in [1.54, 1.807) is 22.7 Å². The maximum Gasteiger partial charge on any atom is 0.270 e. The molecule has 7 rings (SSSR count). The van der Waals surface area contributed by atoms with Gasteiger partial charge in [0.05, 0.1) is 12.3 Å². The highest BCUT2D eigenvalue weighted by Crippen LogP contribution is 2.60. The van der Waals surface area contributed by atoms with E-state index in [0.717, 1.165) is 41.4 Å². The molecule has 5 nitrogen and oxygen atoms in total. The number of aryl methyl sites for hydroxylation is 1. The molecule has 3 aromatic rings. The van der Waals surface area contributed by atoms with E-state index in [1.807, 2.05) is 31.2 Å². The van der Waals surface area contributed by atoms with Gasteiger partial charge in [0.1, 0.15) is 17.1 Å². The molecule has 4 bridgehead atoms. The second-order valence-electron chi connectivity index (χ2n) is 10.9. The van der Waals surface area contributed by atoms with Crippen LogP contribution in [0.5, 0.6) is 5.75 Å². The molecular formula is C28H32ClN3O2. The minimum atomic E-state index is -0.131. The molecule has 0 unspecified atom stereocenters. The molecule has 178 valence electrons. The first kappa shape index (κ1) is 22.0. The Bertz CT molecular complexity index is 1180. The Labute approximate surface area is 205 Å². The lowest BCUT2D eigenvalue weighted by molar-refractivity contribution is -0.0745. The maximum absolute atomic E-state index is 13.0. The summed E-state index contributed by atoms with van der Waals surface area (Å²) >= 11 is 6.09. The number of halogens is 1. The highest BCUT2D eigenvalue weighted by molar-refractivity contribution is 6.30. The third kappa shape index (κ3) is 4.08. The molecule has 0 spiro atoms.